The molecule has 0 aliphatic carbocycles. The van der Waals surface area contributed by atoms with Crippen molar-refractivity contribution in [3.63, 3.8) is 0 Å². The van der Waals surface area contributed by atoms with E-state index < -0.39 is 10.0 Å². The van der Waals surface area contributed by atoms with Crippen molar-refractivity contribution in [3.05, 3.63) is 22.9 Å². The first-order chi connectivity index (χ1) is 5.58. The van der Waals surface area contributed by atoms with Crippen LogP contribution in [0.25, 0.3) is 0 Å². The van der Waals surface area contributed by atoms with Gasteiger partial charge in [0, 0.05) is 6.20 Å². The fourth-order valence-corrected chi connectivity index (χ4v) is 2.14. The number of nitrogens with one attached hydrogen (secondary N) is 1. The first kappa shape index (κ1) is 9.59. The van der Waals surface area contributed by atoms with E-state index in [0.717, 1.165) is 0 Å². The Morgan fingerprint density at radius 2 is 2.25 bits per heavy atom. The second-order valence-electron chi connectivity index (χ2n) is 1.89. The predicted molar refractivity (Wildman–Crippen MR) is 44.0 cm³/mol. The highest BCUT2D eigenvalue weighted by atomic mass is 79.9. The van der Waals surface area contributed by atoms with Crippen LogP contribution in [-0.4, -0.2) is 18.6 Å². The highest BCUT2D eigenvalue weighted by Crippen LogP contribution is 2.17. The zero-order chi connectivity index (χ0) is 9.19. The maximum Gasteiger partial charge on any atom is 0.264 e. The van der Waals surface area contributed by atoms with Gasteiger partial charge in [0.15, 0.2) is 0 Å². The minimum absolute atomic E-state index is 0.104. The van der Waals surface area contributed by atoms with Gasteiger partial charge in [-0.1, -0.05) is 4.89 Å². The summed E-state index contributed by atoms with van der Waals surface area (Å²) in [5, 5.41) is 8.29. The van der Waals surface area contributed by atoms with E-state index in [-0.39, 0.29) is 9.50 Å². The van der Waals surface area contributed by atoms with E-state index in [2.05, 4.69) is 20.9 Å². The number of hydrogen-bond donors (Lipinski definition) is 2. The zero-order valence-corrected chi connectivity index (χ0v) is 8.13. The van der Waals surface area contributed by atoms with Gasteiger partial charge < -0.3 is 5.21 Å². The number of rotatable bonds is 2. The molecule has 0 aromatic carbocycles. The molecule has 66 valence electrons. The summed E-state index contributed by atoms with van der Waals surface area (Å²) in [5.41, 5.74) is 0. The molecule has 12 heavy (non-hydrogen) atoms. The quantitative estimate of drug-likeness (QED) is 0.594. The van der Waals surface area contributed by atoms with Gasteiger partial charge in [0.05, 0.1) is 0 Å². The largest absolute Gasteiger partial charge is 0.302 e. The first-order valence-electron chi connectivity index (χ1n) is 2.84. The Kier molecular flexibility index (Phi) is 2.78. The Morgan fingerprint density at radius 1 is 1.58 bits per heavy atom. The lowest BCUT2D eigenvalue weighted by molar-refractivity contribution is 0.242. The fourth-order valence-electron chi connectivity index (χ4n) is 0.621. The molecule has 0 saturated carbocycles. The van der Waals surface area contributed by atoms with Gasteiger partial charge in [0.2, 0.25) is 0 Å². The molecule has 1 aromatic heterocycles. The molecule has 7 heteroatoms. The van der Waals surface area contributed by atoms with Gasteiger partial charge in [-0.15, -0.1) is 0 Å². The molecule has 5 nitrogen and oxygen atoms in total. The second-order valence-corrected chi connectivity index (χ2v) is 4.27. The summed E-state index contributed by atoms with van der Waals surface area (Å²) in [4.78, 5) is 4.78. The Bertz CT molecular complexity index is 378. The highest BCUT2D eigenvalue weighted by molar-refractivity contribution is 9.10. The number of hydrogen-bond acceptors (Lipinski definition) is 4. The van der Waals surface area contributed by atoms with Crippen molar-refractivity contribution in [1.82, 2.24) is 9.87 Å². The van der Waals surface area contributed by atoms with Gasteiger partial charge in [-0.3, -0.25) is 0 Å². The maximum atomic E-state index is 11.0. The Morgan fingerprint density at radius 3 is 2.75 bits per heavy atom. The van der Waals surface area contributed by atoms with Crippen LogP contribution in [0.5, 0.6) is 0 Å². The van der Waals surface area contributed by atoms with Crippen molar-refractivity contribution in [2.24, 2.45) is 0 Å². The smallest absolute Gasteiger partial charge is 0.264 e. The normalized spacial score (nSPS) is 11.5. The van der Waals surface area contributed by atoms with Gasteiger partial charge in [-0.2, -0.15) is 0 Å². The van der Waals surface area contributed by atoms with E-state index in [9.17, 15) is 8.42 Å². The summed E-state index contributed by atoms with van der Waals surface area (Å²) in [6.45, 7) is 0. The van der Waals surface area contributed by atoms with Crippen LogP contribution < -0.4 is 4.89 Å². The van der Waals surface area contributed by atoms with Gasteiger partial charge in [-0.25, -0.2) is 13.4 Å². The van der Waals surface area contributed by atoms with Crippen LogP contribution in [0.2, 0.25) is 0 Å². The lowest BCUT2D eigenvalue weighted by Crippen LogP contribution is -2.19. The van der Waals surface area contributed by atoms with Crippen LogP contribution in [0.15, 0.2) is 27.8 Å². The minimum atomic E-state index is -3.83. The average molecular weight is 253 g/mol. The van der Waals surface area contributed by atoms with E-state index >= 15 is 0 Å². The van der Waals surface area contributed by atoms with Crippen LogP contribution in [0.1, 0.15) is 0 Å². The standard InChI is InChI=1S/C5H5BrN2O3S/c6-5-4(2-1-3-7-5)12(10,11)8-9/h1-3,8-9H. The molecule has 0 bridgehead atoms. The molecule has 0 fully saturated rings. The Hall–Kier alpha value is -0.500. The number of aromatic nitrogens is 1. The number of nitrogens with zero attached hydrogens (tertiary/aromatic N) is 1. The summed E-state index contributed by atoms with van der Waals surface area (Å²) < 4.78 is 22.1. The van der Waals surface area contributed by atoms with Crippen molar-refractivity contribution in [2.75, 3.05) is 0 Å². The number of sulfonamides is 1. The van der Waals surface area contributed by atoms with Crippen molar-refractivity contribution in [3.8, 4) is 0 Å². The number of pyridine rings is 1. The summed E-state index contributed by atoms with van der Waals surface area (Å²) in [6.07, 6.45) is 1.43. The van der Waals surface area contributed by atoms with E-state index in [4.69, 9.17) is 5.21 Å². The predicted octanol–water partition coefficient (Wildman–Crippen LogP) is 0.512. The second kappa shape index (κ2) is 3.48. The van der Waals surface area contributed by atoms with E-state index in [0.29, 0.717) is 0 Å². The van der Waals surface area contributed by atoms with Crippen LogP contribution >= 0.6 is 15.9 Å². The molecule has 0 spiro atoms. The van der Waals surface area contributed by atoms with E-state index in [1.54, 1.807) is 0 Å². The Labute approximate surface area is 77.6 Å². The van der Waals surface area contributed by atoms with Gasteiger partial charge in [0.25, 0.3) is 10.0 Å². The SMILES string of the molecule is O=S(=O)(NO)c1cccnc1Br. The van der Waals surface area contributed by atoms with Crippen molar-refractivity contribution >= 4 is 26.0 Å². The molecule has 0 radical (unpaired) electrons. The third kappa shape index (κ3) is 1.81. The van der Waals surface area contributed by atoms with Gasteiger partial charge >= 0.3 is 0 Å². The molecule has 1 aromatic rings. The topological polar surface area (TPSA) is 79.3 Å². The molecule has 0 aliphatic heterocycles. The van der Waals surface area contributed by atoms with E-state index in [1.165, 1.54) is 23.2 Å². The maximum absolute atomic E-state index is 11.0. The third-order valence-electron chi connectivity index (χ3n) is 1.13. The first-order valence-corrected chi connectivity index (χ1v) is 5.12. The molecule has 0 amide bonds. The zero-order valence-electron chi connectivity index (χ0n) is 5.73. The minimum Gasteiger partial charge on any atom is -0.302 e. The Balaban J connectivity index is 3.30. The molecule has 0 unspecified atom stereocenters. The molecular weight excluding hydrogens is 248 g/mol. The lowest BCUT2D eigenvalue weighted by atomic mass is 10.5. The third-order valence-corrected chi connectivity index (χ3v) is 3.18. The molecule has 1 rings (SSSR count). The van der Waals surface area contributed by atoms with Crippen LogP contribution in [0.4, 0.5) is 0 Å². The number of halogens is 1. The van der Waals surface area contributed by atoms with E-state index in [1.807, 2.05) is 0 Å². The van der Waals surface area contributed by atoms with Crippen LogP contribution in [0, 0.1) is 0 Å². The highest BCUT2D eigenvalue weighted by Gasteiger charge is 2.15. The van der Waals surface area contributed by atoms with Crippen molar-refractivity contribution < 1.29 is 13.6 Å². The molecule has 1 heterocycles. The molecular formula is C5H5BrN2O3S. The van der Waals surface area contributed by atoms with Gasteiger partial charge in [-0.05, 0) is 28.1 Å². The molecule has 0 atom stereocenters. The monoisotopic (exact) mass is 252 g/mol. The van der Waals surface area contributed by atoms with Crippen LogP contribution in [0.3, 0.4) is 0 Å². The van der Waals surface area contributed by atoms with Crippen molar-refractivity contribution in [1.29, 1.82) is 0 Å². The summed E-state index contributed by atoms with van der Waals surface area (Å²) in [6, 6.07) is 2.77. The average Bonchev–Trinajstić information content (AvgIpc) is 2.05. The molecule has 2 N–H and O–H groups in total. The van der Waals surface area contributed by atoms with Crippen molar-refractivity contribution in [2.45, 2.75) is 4.90 Å². The summed E-state index contributed by atoms with van der Waals surface area (Å²) in [5.74, 6) is 0. The summed E-state index contributed by atoms with van der Waals surface area (Å²) in [7, 11) is -3.83. The lowest BCUT2D eigenvalue weighted by Gasteiger charge is -2.01. The summed E-state index contributed by atoms with van der Waals surface area (Å²) >= 11 is 2.93. The molecule has 0 aliphatic rings. The fraction of sp³-hybridized carbons (Fsp3) is 0. The van der Waals surface area contributed by atoms with Gasteiger partial charge in [0.1, 0.15) is 9.50 Å². The van der Waals surface area contributed by atoms with Crippen LogP contribution in [-0.2, 0) is 10.0 Å². The molecule has 0 saturated heterocycles.